The predicted octanol–water partition coefficient (Wildman–Crippen LogP) is 4.15. The van der Waals surface area contributed by atoms with Crippen molar-refractivity contribution in [3.63, 3.8) is 0 Å². The Balaban J connectivity index is 1.59. The van der Waals surface area contributed by atoms with Gasteiger partial charge in [0.25, 0.3) is 10.0 Å². The van der Waals surface area contributed by atoms with Crippen LogP contribution < -0.4 is 15.2 Å². The minimum absolute atomic E-state index is 0.125. The molecule has 1 aliphatic heterocycles. The standard InChI is InChI=1S/C25H32N4O4S2/c1-3-4-6-10-20(2)33-24-22(19-26-29(25(24)30)21-11-7-5-8-12-21)27-14-16-28(17-15-27)35(31,32)23-13-9-18-34-23/h5,7-9,11-13,18-20H,3-4,6,10,14-17H2,1-2H3. The lowest BCUT2D eigenvalue weighted by molar-refractivity contribution is 0.202. The second-order valence-corrected chi connectivity index (χ2v) is 11.8. The quantitative estimate of drug-likeness (QED) is 0.377. The fourth-order valence-electron chi connectivity index (χ4n) is 4.17. The Labute approximate surface area is 210 Å². The summed E-state index contributed by atoms with van der Waals surface area (Å²) in [5.41, 5.74) is 0.960. The number of hydrogen-bond donors (Lipinski definition) is 0. The molecule has 1 atom stereocenters. The van der Waals surface area contributed by atoms with Crippen LogP contribution in [0.3, 0.4) is 0 Å². The fourth-order valence-corrected chi connectivity index (χ4v) is 6.73. The molecule has 0 spiro atoms. The lowest BCUT2D eigenvalue weighted by atomic mass is 10.1. The van der Waals surface area contributed by atoms with Crippen LogP contribution in [0.2, 0.25) is 0 Å². The normalized spacial score (nSPS) is 15.8. The van der Waals surface area contributed by atoms with Crippen molar-refractivity contribution < 1.29 is 13.2 Å². The van der Waals surface area contributed by atoms with Gasteiger partial charge in [-0.1, -0.05) is 44.0 Å². The first kappa shape index (κ1) is 25.4. The molecule has 188 valence electrons. The molecule has 0 aliphatic carbocycles. The molecule has 35 heavy (non-hydrogen) atoms. The molecule has 10 heteroatoms. The van der Waals surface area contributed by atoms with E-state index < -0.39 is 10.0 Å². The van der Waals surface area contributed by atoms with Crippen LogP contribution in [0.1, 0.15) is 39.5 Å². The van der Waals surface area contributed by atoms with Crippen molar-refractivity contribution in [1.82, 2.24) is 14.1 Å². The van der Waals surface area contributed by atoms with Gasteiger partial charge in [-0.3, -0.25) is 4.79 Å². The molecule has 0 amide bonds. The minimum atomic E-state index is -3.50. The fraction of sp³-hybridized carbons (Fsp3) is 0.440. The summed E-state index contributed by atoms with van der Waals surface area (Å²) in [6.07, 6.45) is 5.65. The predicted molar refractivity (Wildman–Crippen MR) is 139 cm³/mol. The number of para-hydroxylation sites is 1. The maximum atomic E-state index is 13.5. The van der Waals surface area contributed by atoms with E-state index in [1.807, 2.05) is 42.2 Å². The highest BCUT2D eigenvalue weighted by Gasteiger charge is 2.31. The van der Waals surface area contributed by atoms with E-state index in [9.17, 15) is 13.2 Å². The molecular weight excluding hydrogens is 484 g/mol. The average Bonchev–Trinajstić information content (AvgIpc) is 3.42. The zero-order valence-corrected chi connectivity index (χ0v) is 21.8. The molecule has 1 saturated heterocycles. The van der Waals surface area contributed by atoms with Gasteiger partial charge in [-0.15, -0.1) is 11.3 Å². The van der Waals surface area contributed by atoms with Gasteiger partial charge in [-0.2, -0.15) is 14.1 Å². The zero-order chi connectivity index (χ0) is 24.8. The first-order valence-corrected chi connectivity index (χ1v) is 14.4. The Bertz CT molecular complexity index is 1250. The number of benzene rings is 1. The third kappa shape index (κ3) is 5.76. The van der Waals surface area contributed by atoms with E-state index in [-0.39, 0.29) is 17.4 Å². The average molecular weight is 517 g/mol. The van der Waals surface area contributed by atoms with E-state index in [1.54, 1.807) is 23.7 Å². The van der Waals surface area contributed by atoms with Crippen molar-refractivity contribution in [3.05, 3.63) is 64.4 Å². The first-order valence-electron chi connectivity index (χ1n) is 12.0. The molecular formula is C25H32N4O4S2. The summed E-state index contributed by atoms with van der Waals surface area (Å²) >= 11 is 1.22. The largest absolute Gasteiger partial charge is 0.483 e. The van der Waals surface area contributed by atoms with Crippen LogP contribution in [0.15, 0.2) is 63.0 Å². The van der Waals surface area contributed by atoms with Crippen LogP contribution in [0.4, 0.5) is 5.69 Å². The summed E-state index contributed by atoms with van der Waals surface area (Å²) in [5.74, 6) is 0.266. The Morgan fingerprint density at radius 3 is 2.46 bits per heavy atom. The van der Waals surface area contributed by atoms with Crippen LogP contribution in [-0.2, 0) is 10.0 Å². The molecule has 3 aromatic rings. The number of aromatic nitrogens is 2. The molecule has 1 fully saturated rings. The number of piperazine rings is 1. The maximum Gasteiger partial charge on any atom is 0.316 e. The van der Waals surface area contributed by atoms with E-state index in [2.05, 4.69) is 12.0 Å². The summed E-state index contributed by atoms with van der Waals surface area (Å²) in [6, 6.07) is 12.6. The van der Waals surface area contributed by atoms with Crippen LogP contribution in [-0.4, -0.2) is 54.8 Å². The summed E-state index contributed by atoms with van der Waals surface area (Å²) in [7, 11) is -3.50. The van der Waals surface area contributed by atoms with Crippen LogP contribution in [0.25, 0.3) is 5.69 Å². The molecule has 1 aliphatic rings. The molecule has 2 aromatic heterocycles. The van der Waals surface area contributed by atoms with Gasteiger partial charge in [0.05, 0.1) is 18.0 Å². The highest BCUT2D eigenvalue weighted by molar-refractivity contribution is 7.91. The molecule has 0 N–H and O–H groups in total. The Morgan fingerprint density at radius 1 is 1.06 bits per heavy atom. The first-order chi connectivity index (χ1) is 16.9. The van der Waals surface area contributed by atoms with E-state index in [4.69, 9.17) is 4.74 Å². The van der Waals surface area contributed by atoms with Gasteiger partial charge in [-0.25, -0.2) is 8.42 Å². The molecule has 3 heterocycles. The topological polar surface area (TPSA) is 84.7 Å². The van der Waals surface area contributed by atoms with Crippen molar-refractivity contribution in [1.29, 1.82) is 0 Å². The number of thiophene rings is 1. The van der Waals surface area contributed by atoms with Gasteiger partial charge < -0.3 is 9.64 Å². The third-order valence-corrected chi connectivity index (χ3v) is 9.39. The van der Waals surface area contributed by atoms with Crippen molar-refractivity contribution in [2.24, 2.45) is 0 Å². The molecule has 4 rings (SSSR count). The van der Waals surface area contributed by atoms with Gasteiger partial charge in [0.1, 0.15) is 9.90 Å². The number of ether oxygens (including phenoxy) is 1. The van der Waals surface area contributed by atoms with Crippen LogP contribution in [0, 0.1) is 0 Å². The molecule has 1 aromatic carbocycles. The van der Waals surface area contributed by atoms with Gasteiger partial charge in [0, 0.05) is 26.2 Å². The Hall–Kier alpha value is -2.69. The lowest BCUT2D eigenvalue weighted by Crippen LogP contribution is -2.49. The number of sulfonamides is 1. The molecule has 0 bridgehead atoms. The molecule has 1 unspecified atom stereocenters. The number of nitrogens with zero attached hydrogens (tertiary/aromatic N) is 4. The number of anilines is 1. The molecule has 8 nitrogen and oxygen atoms in total. The highest BCUT2D eigenvalue weighted by atomic mass is 32.2. The zero-order valence-electron chi connectivity index (χ0n) is 20.2. The van der Waals surface area contributed by atoms with E-state index >= 15 is 0 Å². The summed E-state index contributed by atoms with van der Waals surface area (Å²) in [5, 5.41) is 6.19. The monoisotopic (exact) mass is 516 g/mol. The number of hydrogen-bond acceptors (Lipinski definition) is 7. The SMILES string of the molecule is CCCCCC(C)Oc1c(N2CCN(S(=O)(=O)c3cccs3)CC2)cnn(-c2ccccc2)c1=O. The van der Waals surface area contributed by atoms with E-state index in [1.165, 1.54) is 20.3 Å². The third-order valence-electron chi connectivity index (χ3n) is 6.12. The smallest absolute Gasteiger partial charge is 0.316 e. The molecule has 0 radical (unpaired) electrons. The lowest BCUT2D eigenvalue weighted by Gasteiger charge is -2.35. The van der Waals surface area contributed by atoms with E-state index in [0.717, 1.165) is 25.7 Å². The Morgan fingerprint density at radius 2 is 1.80 bits per heavy atom. The van der Waals surface area contributed by atoms with Gasteiger partial charge in [-0.05, 0) is 43.3 Å². The summed E-state index contributed by atoms with van der Waals surface area (Å²) < 4.78 is 35.3. The van der Waals surface area contributed by atoms with Crippen molar-refractivity contribution in [2.45, 2.75) is 49.8 Å². The van der Waals surface area contributed by atoms with Crippen LogP contribution >= 0.6 is 11.3 Å². The van der Waals surface area contributed by atoms with Crippen molar-refractivity contribution >= 4 is 27.0 Å². The minimum Gasteiger partial charge on any atom is -0.483 e. The van der Waals surface area contributed by atoms with Crippen molar-refractivity contribution in [2.75, 3.05) is 31.1 Å². The second kappa shape index (κ2) is 11.4. The van der Waals surface area contributed by atoms with Gasteiger partial charge in [0.15, 0.2) is 0 Å². The van der Waals surface area contributed by atoms with Crippen molar-refractivity contribution in [3.8, 4) is 11.4 Å². The summed E-state index contributed by atoms with van der Waals surface area (Å²) in [6.45, 7) is 5.69. The van der Waals surface area contributed by atoms with Gasteiger partial charge in [0.2, 0.25) is 5.75 Å². The second-order valence-electron chi connectivity index (χ2n) is 8.66. The maximum absolute atomic E-state index is 13.5. The molecule has 0 saturated carbocycles. The summed E-state index contributed by atoms with van der Waals surface area (Å²) in [4.78, 5) is 15.5. The van der Waals surface area contributed by atoms with Crippen LogP contribution in [0.5, 0.6) is 5.75 Å². The number of rotatable bonds is 10. The van der Waals surface area contributed by atoms with Gasteiger partial charge >= 0.3 is 5.56 Å². The van der Waals surface area contributed by atoms with E-state index in [0.29, 0.717) is 41.8 Å². The number of unbranched alkanes of at least 4 members (excludes halogenated alkanes) is 2. The Kier molecular flexibility index (Phi) is 8.25. The highest BCUT2D eigenvalue weighted by Crippen LogP contribution is 2.29.